The monoisotopic (exact) mass is 278 g/mol. The van der Waals surface area contributed by atoms with E-state index in [1.165, 1.54) is 0 Å². The Kier molecular flexibility index (Phi) is 166. The molecule has 0 aliphatic rings. The van der Waals surface area contributed by atoms with Crippen LogP contribution in [0, 0.1) is 0 Å². The van der Waals surface area contributed by atoms with Crippen molar-refractivity contribution in [3.8, 4) is 0 Å². The molecule has 0 unspecified atom stereocenters. The molecule has 0 spiro atoms. The largest absolute Gasteiger partial charge is 2.00 e. The molecule has 0 saturated heterocycles. The van der Waals surface area contributed by atoms with Crippen molar-refractivity contribution in [3.05, 3.63) is 0 Å². The van der Waals surface area contributed by atoms with E-state index in [9.17, 15) is 0 Å². The molecule has 0 amide bonds. The summed E-state index contributed by atoms with van der Waals surface area (Å²) in [7, 11) is 0. The summed E-state index contributed by atoms with van der Waals surface area (Å²) in [5.41, 5.74) is 0. The molecule has 0 atom stereocenters. The summed E-state index contributed by atoms with van der Waals surface area (Å²) in [6, 6.07) is 0. The Morgan fingerprint density at radius 1 is 0.500 bits per heavy atom. The second-order valence-electron chi connectivity index (χ2n) is 0. The minimum Gasteiger partial charge on any atom is -2.00 e. The predicted octanol–water partition coefficient (Wildman–Crippen LogP) is -0.00980. The summed E-state index contributed by atoms with van der Waals surface area (Å²) in [5, 5.41) is 0. The molecule has 0 nitrogen and oxygen atoms in total. The molecule has 38 valence electrons. The van der Waals surface area contributed by atoms with Crippen LogP contribution in [0.15, 0.2) is 0 Å². The van der Waals surface area contributed by atoms with Crippen molar-refractivity contribution in [2.24, 2.45) is 0 Å². The maximum atomic E-state index is 0. The molecule has 4 heteroatoms. The molecular weight excluding hydrogens is 280 g/mol. The molecule has 0 fully saturated rings. The molecule has 0 aromatic heterocycles. The van der Waals surface area contributed by atoms with E-state index < -0.39 is 0 Å². The first kappa shape index (κ1) is 34.9. The van der Waals surface area contributed by atoms with Gasteiger partial charge in [0.1, 0.15) is 0 Å². The Morgan fingerprint density at radius 2 is 0.500 bits per heavy atom. The van der Waals surface area contributed by atoms with Gasteiger partial charge < -0.3 is 27.0 Å². The third-order valence-electron chi connectivity index (χ3n) is 0. The summed E-state index contributed by atoms with van der Waals surface area (Å²) in [6.45, 7) is 0. The van der Waals surface area contributed by atoms with Crippen molar-refractivity contribution in [1.82, 2.24) is 0 Å². The van der Waals surface area contributed by atoms with Gasteiger partial charge in [-0.25, -0.2) is 0 Å². The topological polar surface area (TPSA) is 0 Å². The van der Waals surface area contributed by atoms with Gasteiger partial charge in [0.15, 0.2) is 0 Å². The van der Waals surface area contributed by atoms with E-state index in [4.69, 9.17) is 0 Å². The summed E-state index contributed by atoms with van der Waals surface area (Å²) in [5.74, 6) is 0. The molecule has 0 rings (SSSR count). The van der Waals surface area contributed by atoms with Crippen LogP contribution in [0.1, 0.15) is 0 Å². The molecule has 0 saturated carbocycles. The maximum Gasteiger partial charge on any atom is 0 e. The van der Waals surface area contributed by atoms with Crippen LogP contribution >= 0.6 is 0 Å². The minimum atomic E-state index is 0. The number of hydrogen-bond donors (Lipinski definition) is 0. The van der Waals surface area contributed by atoms with E-state index in [2.05, 4.69) is 0 Å². The average molecular weight is 280 g/mol. The van der Waals surface area contributed by atoms with Gasteiger partial charge in [-0.1, -0.05) is 0 Å². The molecule has 2 radical (unpaired) electrons. The second kappa shape index (κ2) is 19.0. The van der Waals surface area contributed by atoms with Gasteiger partial charge in [-0.2, -0.15) is 0 Å². The zero-order chi connectivity index (χ0) is 0. The molecule has 0 bridgehead atoms. The van der Waals surface area contributed by atoms with Crippen LogP contribution in [0.2, 0.25) is 0 Å². The van der Waals surface area contributed by atoms with Crippen LogP contribution in [0.4, 0.5) is 0 Å². The van der Waals surface area contributed by atoms with Crippen LogP contribution in [0.3, 0.4) is 0 Å². The Morgan fingerprint density at radius 3 is 0.500 bits per heavy atom. The first-order valence-corrected chi connectivity index (χ1v) is 0. The minimum absolute atomic E-state index is 0. The third-order valence-corrected chi connectivity index (χ3v) is 0. The molecule has 4 heavy (non-hydrogen) atoms. The Hall–Kier alpha value is 2.18. The molecule has 0 heterocycles. The van der Waals surface area contributed by atoms with Gasteiger partial charge in [0.05, 0.1) is 0 Å². The molecular formula is Ag2S2-4. The Labute approximate surface area is 71.0 Å². The van der Waals surface area contributed by atoms with Gasteiger partial charge in [0, 0.05) is 44.8 Å². The summed E-state index contributed by atoms with van der Waals surface area (Å²) < 4.78 is 0. The van der Waals surface area contributed by atoms with Crippen molar-refractivity contribution in [2.75, 3.05) is 0 Å². The van der Waals surface area contributed by atoms with Crippen molar-refractivity contribution in [2.45, 2.75) is 0 Å². The van der Waals surface area contributed by atoms with E-state index in [0.29, 0.717) is 0 Å². The number of rotatable bonds is 0. The van der Waals surface area contributed by atoms with E-state index in [0.717, 1.165) is 0 Å². The van der Waals surface area contributed by atoms with Crippen molar-refractivity contribution in [3.63, 3.8) is 0 Å². The number of hydrogen-bond acceptors (Lipinski definition) is 0. The Balaban J connectivity index is 0. The SMILES string of the molecule is [Ag].[Ag].[S-2].[S-2]. The summed E-state index contributed by atoms with van der Waals surface area (Å²) >= 11 is 0. The van der Waals surface area contributed by atoms with Gasteiger partial charge in [-0.05, 0) is 0 Å². The Bertz CT molecular complexity index is 4.00. The average Bonchev–Trinajstić information content (AvgIpc) is 0. The van der Waals surface area contributed by atoms with Gasteiger partial charge in [0.2, 0.25) is 0 Å². The van der Waals surface area contributed by atoms with Crippen LogP contribution in [0.5, 0.6) is 0 Å². The predicted molar refractivity (Wildman–Crippen MR) is 14.7 cm³/mol. The normalized spacial score (nSPS) is 0. The maximum absolute atomic E-state index is 0. The second-order valence-corrected chi connectivity index (χ2v) is 0. The first-order valence-electron chi connectivity index (χ1n) is 0. The van der Waals surface area contributed by atoms with E-state index in [-0.39, 0.29) is 71.8 Å². The smallest absolute Gasteiger partial charge is 0 e. The van der Waals surface area contributed by atoms with Gasteiger partial charge in [-0.15, -0.1) is 0 Å². The van der Waals surface area contributed by atoms with Crippen LogP contribution in [-0.4, -0.2) is 0 Å². The van der Waals surface area contributed by atoms with E-state index >= 15 is 0 Å². The van der Waals surface area contributed by atoms with Crippen LogP contribution < -0.4 is 0 Å². The molecule has 0 aliphatic heterocycles. The van der Waals surface area contributed by atoms with Crippen molar-refractivity contribution >= 4 is 27.0 Å². The zero-order valence-electron chi connectivity index (χ0n) is 1.42. The quantitative estimate of drug-likeness (QED) is 0.547. The zero-order valence-corrected chi connectivity index (χ0v) is 6.02. The molecule has 0 aliphatic carbocycles. The standard InChI is InChI=1S/2Ag.2S/q;;2*-2. The fraction of sp³-hybridized carbons (Fsp3) is 0. The van der Waals surface area contributed by atoms with Crippen LogP contribution in [-0.2, 0) is 71.8 Å². The van der Waals surface area contributed by atoms with Gasteiger partial charge >= 0.3 is 0 Å². The first-order chi connectivity index (χ1) is 0. The van der Waals surface area contributed by atoms with E-state index in [1.54, 1.807) is 0 Å². The fourth-order valence-corrected chi connectivity index (χ4v) is 0. The third kappa shape index (κ3) is 8.89. The van der Waals surface area contributed by atoms with E-state index in [1.807, 2.05) is 0 Å². The van der Waals surface area contributed by atoms with Gasteiger partial charge in [0.25, 0.3) is 0 Å². The van der Waals surface area contributed by atoms with Crippen molar-refractivity contribution in [1.29, 1.82) is 0 Å². The van der Waals surface area contributed by atoms with Gasteiger partial charge in [-0.3, -0.25) is 0 Å². The van der Waals surface area contributed by atoms with Crippen molar-refractivity contribution < 1.29 is 44.8 Å². The molecule has 0 N–H and O–H groups in total. The summed E-state index contributed by atoms with van der Waals surface area (Å²) in [4.78, 5) is 0. The molecule has 0 aromatic rings. The molecule has 0 aromatic carbocycles. The van der Waals surface area contributed by atoms with Crippen LogP contribution in [0.25, 0.3) is 0 Å². The fourth-order valence-electron chi connectivity index (χ4n) is 0. The summed E-state index contributed by atoms with van der Waals surface area (Å²) in [6.07, 6.45) is 0.